The molecule has 1 N–H and O–H groups in total. The van der Waals surface area contributed by atoms with Gasteiger partial charge < -0.3 is 24.4 Å². The molecule has 1 aliphatic heterocycles. The van der Waals surface area contributed by atoms with Crippen molar-refractivity contribution in [3.63, 3.8) is 0 Å². The lowest BCUT2D eigenvalue weighted by Crippen LogP contribution is -2.47. The van der Waals surface area contributed by atoms with Crippen LogP contribution in [-0.2, 0) is 0 Å². The summed E-state index contributed by atoms with van der Waals surface area (Å²) in [5.74, 6) is 1.33. The molecule has 6 nitrogen and oxygen atoms in total. The van der Waals surface area contributed by atoms with Crippen molar-refractivity contribution in [2.45, 2.75) is 25.8 Å². The normalized spacial score (nSPS) is 18.3. The van der Waals surface area contributed by atoms with E-state index >= 15 is 0 Å². The van der Waals surface area contributed by atoms with Crippen LogP contribution < -0.4 is 19.5 Å². The molecule has 1 aromatic rings. The molecule has 0 radical (unpaired) electrons. The zero-order chi connectivity index (χ0) is 16.8. The Morgan fingerprint density at radius 3 is 2.39 bits per heavy atom. The lowest BCUT2D eigenvalue weighted by molar-refractivity contribution is 0.0905. The van der Waals surface area contributed by atoms with Crippen molar-refractivity contribution in [2.75, 3.05) is 41.0 Å². The van der Waals surface area contributed by atoms with E-state index in [1.54, 1.807) is 33.5 Å². The predicted octanol–water partition coefficient (Wildman–Crippen LogP) is 1.93. The molecule has 1 aliphatic rings. The minimum absolute atomic E-state index is 0.118. The first kappa shape index (κ1) is 17.4. The van der Waals surface area contributed by atoms with E-state index in [4.69, 9.17) is 14.2 Å². The van der Waals surface area contributed by atoms with Gasteiger partial charge in [-0.2, -0.15) is 0 Å². The van der Waals surface area contributed by atoms with Crippen molar-refractivity contribution >= 4 is 5.91 Å². The molecule has 2 rings (SSSR count). The molecule has 0 spiro atoms. The highest BCUT2D eigenvalue weighted by molar-refractivity contribution is 5.95. The maximum Gasteiger partial charge on any atom is 0.251 e. The van der Waals surface area contributed by atoms with Gasteiger partial charge in [-0.3, -0.25) is 4.79 Å². The monoisotopic (exact) mass is 322 g/mol. The van der Waals surface area contributed by atoms with E-state index in [1.807, 2.05) is 0 Å². The number of piperidine rings is 1. The quantitative estimate of drug-likeness (QED) is 0.867. The van der Waals surface area contributed by atoms with Crippen LogP contribution in [0.1, 0.15) is 30.1 Å². The van der Waals surface area contributed by atoms with Gasteiger partial charge in [0.1, 0.15) is 0 Å². The summed E-state index contributed by atoms with van der Waals surface area (Å²) in [6.45, 7) is 5.15. The van der Waals surface area contributed by atoms with E-state index in [0.717, 1.165) is 32.5 Å². The highest BCUT2D eigenvalue weighted by Crippen LogP contribution is 2.38. The molecule has 0 bridgehead atoms. The lowest BCUT2D eigenvalue weighted by Gasteiger charge is -2.32. The van der Waals surface area contributed by atoms with Gasteiger partial charge in [-0.25, -0.2) is 0 Å². The summed E-state index contributed by atoms with van der Waals surface area (Å²) in [7, 11) is 4.62. The third-order valence-corrected chi connectivity index (χ3v) is 4.21. The molecular formula is C17H26N2O4. The number of rotatable bonds is 6. The number of likely N-dealkylation sites (N-methyl/N-ethyl adjacent to an activating group) is 1. The molecule has 1 unspecified atom stereocenters. The van der Waals surface area contributed by atoms with Gasteiger partial charge in [-0.05, 0) is 38.1 Å². The molecule has 0 aliphatic carbocycles. The first-order valence-corrected chi connectivity index (χ1v) is 7.96. The van der Waals surface area contributed by atoms with Crippen molar-refractivity contribution < 1.29 is 19.0 Å². The van der Waals surface area contributed by atoms with Gasteiger partial charge in [-0.15, -0.1) is 0 Å². The average molecular weight is 322 g/mol. The van der Waals surface area contributed by atoms with Crippen LogP contribution in [0.25, 0.3) is 0 Å². The average Bonchev–Trinajstić information content (AvgIpc) is 2.60. The Morgan fingerprint density at radius 2 is 1.87 bits per heavy atom. The molecule has 1 fully saturated rings. The molecule has 128 valence electrons. The van der Waals surface area contributed by atoms with Crippen LogP contribution in [0.3, 0.4) is 0 Å². The number of hydrogen-bond donors (Lipinski definition) is 1. The van der Waals surface area contributed by atoms with E-state index in [1.165, 1.54) is 0 Å². The second-order valence-electron chi connectivity index (χ2n) is 5.62. The van der Waals surface area contributed by atoms with Gasteiger partial charge in [0, 0.05) is 18.2 Å². The largest absolute Gasteiger partial charge is 0.493 e. The SMILES string of the molecule is CCN1CCCC(NC(=O)c2cc(OC)c(OC)c(OC)c2)C1. The third-order valence-electron chi connectivity index (χ3n) is 4.21. The molecule has 1 saturated heterocycles. The summed E-state index contributed by atoms with van der Waals surface area (Å²) in [6, 6.07) is 3.53. The van der Waals surface area contributed by atoms with Crippen molar-refractivity contribution in [3.05, 3.63) is 17.7 Å². The molecule has 6 heteroatoms. The Bertz CT molecular complexity index is 522. The van der Waals surface area contributed by atoms with Crippen LogP contribution in [-0.4, -0.2) is 57.8 Å². The van der Waals surface area contributed by atoms with Gasteiger partial charge >= 0.3 is 0 Å². The summed E-state index contributed by atoms with van der Waals surface area (Å²) in [4.78, 5) is 14.9. The van der Waals surface area contributed by atoms with Crippen LogP contribution in [0.2, 0.25) is 0 Å². The standard InChI is InChI=1S/C17H26N2O4/c1-5-19-8-6-7-13(11-19)18-17(20)12-9-14(21-2)16(23-4)15(10-12)22-3/h9-10,13H,5-8,11H2,1-4H3,(H,18,20). The number of likely N-dealkylation sites (tertiary alicyclic amines) is 1. The van der Waals surface area contributed by atoms with Gasteiger partial charge in [0.2, 0.25) is 5.75 Å². The molecule has 0 aromatic heterocycles. The summed E-state index contributed by atoms with van der Waals surface area (Å²) >= 11 is 0. The summed E-state index contributed by atoms with van der Waals surface area (Å²) < 4.78 is 15.9. The Labute approximate surface area is 137 Å². The third kappa shape index (κ3) is 4.07. The summed E-state index contributed by atoms with van der Waals surface area (Å²) in [5.41, 5.74) is 0.508. The molecule has 1 amide bonds. The fourth-order valence-corrected chi connectivity index (χ4v) is 2.94. The van der Waals surface area contributed by atoms with Gasteiger partial charge in [0.15, 0.2) is 11.5 Å². The maximum absolute atomic E-state index is 12.6. The number of carbonyl (C=O) groups excluding carboxylic acids is 1. The zero-order valence-electron chi connectivity index (χ0n) is 14.3. The van der Waals surface area contributed by atoms with E-state index < -0.39 is 0 Å². The molecule has 23 heavy (non-hydrogen) atoms. The topological polar surface area (TPSA) is 60.0 Å². The Hall–Kier alpha value is -1.95. The first-order chi connectivity index (χ1) is 11.1. The Morgan fingerprint density at radius 1 is 1.22 bits per heavy atom. The Balaban J connectivity index is 2.15. The van der Waals surface area contributed by atoms with Crippen LogP contribution in [0.4, 0.5) is 0 Å². The van der Waals surface area contributed by atoms with E-state index in [0.29, 0.717) is 22.8 Å². The second-order valence-corrected chi connectivity index (χ2v) is 5.62. The van der Waals surface area contributed by atoms with Gasteiger partial charge in [0.25, 0.3) is 5.91 Å². The minimum Gasteiger partial charge on any atom is -0.493 e. The number of hydrogen-bond acceptors (Lipinski definition) is 5. The van der Waals surface area contributed by atoms with Crippen molar-refractivity contribution in [1.29, 1.82) is 0 Å². The molecular weight excluding hydrogens is 296 g/mol. The highest BCUT2D eigenvalue weighted by atomic mass is 16.5. The molecule has 0 saturated carbocycles. The van der Waals surface area contributed by atoms with Gasteiger partial charge in [0.05, 0.1) is 21.3 Å². The highest BCUT2D eigenvalue weighted by Gasteiger charge is 2.22. The number of ether oxygens (including phenoxy) is 3. The van der Waals surface area contributed by atoms with Crippen LogP contribution in [0, 0.1) is 0 Å². The Kier molecular flexibility index (Phi) is 6.10. The van der Waals surface area contributed by atoms with Gasteiger partial charge in [-0.1, -0.05) is 6.92 Å². The van der Waals surface area contributed by atoms with Crippen molar-refractivity contribution in [1.82, 2.24) is 10.2 Å². The van der Waals surface area contributed by atoms with Crippen molar-refractivity contribution in [3.8, 4) is 17.2 Å². The molecule has 1 aromatic carbocycles. The number of nitrogens with one attached hydrogen (secondary N) is 1. The number of benzene rings is 1. The predicted molar refractivity (Wildman–Crippen MR) is 88.7 cm³/mol. The number of amides is 1. The first-order valence-electron chi connectivity index (χ1n) is 7.96. The van der Waals surface area contributed by atoms with E-state index in [9.17, 15) is 4.79 Å². The van der Waals surface area contributed by atoms with Crippen LogP contribution in [0.5, 0.6) is 17.2 Å². The maximum atomic E-state index is 12.6. The van der Waals surface area contributed by atoms with E-state index in [2.05, 4.69) is 17.1 Å². The fourth-order valence-electron chi connectivity index (χ4n) is 2.94. The molecule has 1 heterocycles. The summed E-state index contributed by atoms with van der Waals surface area (Å²) in [6.07, 6.45) is 2.11. The van der Waals surface area contributed by atoms with Crippen molar-refractivity contribution in [2.24, 2.45) is 0 Å². The van der Waals surface area contributed by atoms with Crippen LogP contribution >= 0.6 is 0 Å². The van der Waals surface area contributed by atoms with Crippen LogP contribution in [0.15, 0.2) is 12.1 Å². The number of nitrogens with zero attached hydrogens (tertiary/aromatic N) is 1. The molecule has 1 atom stereocenters. The zero-order valence-corrected chi connectivity index (χ0v) is 14.3. The lowest BCUT2D eigenvalue weighted by atomic mass is 10.0. The smallest absolute Gasteiger partial charge is 0.251 e. The fraction of sp³-hybridized carbons (Fsp3) is 0.588. The van der Waals surface area contributed by atoms with E-state index in [-0.39, 0.29) is 11.9 Å². The summed E-state index contributed by atoms with van der Waals surface area (Å²) in [5, 5.41) is 3.11. The minimum atomic E-state index is -0.118. The number of methoxy groups -OCH3 is 3. The second kappa shape index (κ2) is 8.06. The number of carbonyl (C=O) groups is 1.